The topological polar surface area (TPSA) is 83.5 Å². The summed E-state index contributed by atoms with van der Waals surface area (Å²) in [4.78, 5) is 52.2. The Morgan fingerprint density at radius 2 is 2.06 bits per heavy atom. The number of rotatable bonds is 6. The molecule has 0 radical (unpaired) electrons. The van der Waals surface area contributed by atoms with Crippen LogP contribution in [0.1, 0.15) is 54.3 Å². The van der Waals surface area contributed by atoms with Gasteiger partial charge in [0, 0.05) is 43.4 Å². The molecule has 5 rings (SSSR count). The van der Waals surface area contributed by atoms with Gasteiger partial charge in [-0.2, -0.15) is 0 Å². The number of thiazole rings is 1. The van der Waals surface area contributed by atoms with E-state index in [2.05, 4.69) is 9.97 Å². The highest BCUT2D eigenvalue weighted by atomic mass is 32.1. The van der Waals surface area contributed by atoms with E-state index in [1.807, 2.05) is 5.38 Å². The quantitative estimate of drug-likeness (QED) is 0.486. The van der Waals surface area contributed by atoms with E-state index < -0.39 is 17.1 Å². The number of nitrogens with zero attached hydrogens (tertiary/aromatic N) is 4. The van der Waals surface area contributed by atoms with Gasteiger partial charge in [0.2, 0.25) is 17.7 Å². The zero-order chi connectivity index (χ0) is 24.4. The summed E-state index contributed by atoms with van der Waals surface area (Å²) in [6, 6.07) is 9.06. The van der Waals surface area contributed by atoms with Gasteiger partial charge in [-0.3, -0.25) is 24.3 Å². The molecule has 0 bridgehead atoms. The van der Waals surface area contributed by atoms with E-state index in [4.69, 9.17) is 0 Å². The molecular weight excluding hydrogens is 467 g/mol. The van der Waals surface area contributed by atoms with E-state index in [0.29, 0.717) is 17.7 Å². The Labute approximate surface area is 206 Å². The van der Waals surface area contributed by atoms with Crippen molar-refractivity contribution >= 4 is 29.1 Å². The lowest BCUT2D eigenvalue weighted by atomic mass is 9.75. The van der Waals surface area contributed by atoms with Crippen molar-refractivity contribution in [3.8, 4) is 0 Å². The van der Waals surface area contributed by atoms with Crippen molar-refractivity contribution in [1.29, 1.82) is 0 Å². The fourth-order valence-corrected chi connectivity index (χ4v) is 5.92. The number of halogens is 1. The van der Waals surface area contributed by atoms with E-state index in [1.54, 1.807) is 41.7 Å². The summed E-state index contributed by atoms with van der Waals surface area (Å²) in [7, 11) is 0. The van der Waals surface area contributed by atoms with E-state index in [9.17, 15) is 18.8 Å². The summed E-state index contributed by atoms with van der Waals surface area (Å²) in [5, 5.41) is 2.75. The van der Waals surface area contributed by atoms with Crippen LogP contribution in [-0.2, 0) is 26.3 Å². The summed E-state index contributed by atoms with van der Waals surface area (Å²) in [6.45, 7) is 0.617. The minimum Gasteiger partial charge on any atom is -0.333 e. The van der Waals surface area contributed by atoms with E-state index in [-0.39, 0.29) is 37.2 Å². The molecule has 2 fully saturated rings. The van der Waals surface area contributed by atoms with E-state index >= 15 is 0 Å². The number of carbonyl (C=O) groups is 3. The van der Waals surface area contributed by atoms with Crippen LogP contribution < -0.4 is 0 Å². The molecule has 0 aliphatic carbocycles. The zero-order valence-electron chi connectivity index (χ0n) is 19.1. The molecule has 0 N–H and O–H groups in total. The van der Waals surface area contributed by atoms with Crippen LogP contribution in [0, 0.1) is 5.82 Å². The summed E-state index contributed by atoms with van der Waals surface area (Å²) < 4.78 is 14.3. The smallest absolute Gasteiger partial charge is 0.241 e. The van der Waals surface area contributed by atoms with Crippen LogP contribution in [-0.4, -0.2) is 44.0 Å². The number of piperidine rings is 1. The summed E-state index contributed by atoms with van der Waals surface area (Å²) in [6.07, 6.45) is 7.20. The fraction of sp³-hybridized carbons (Fsp3) is 0.346. The molecule has 3 amide bonds. The number of pyridine rings is 1. The number of hydrogen-bond donors (Lipinski definition) is 0. The number of likely N-dealkylation sites (tertiary alicyclic amines) is 2. The molecule has 2 atom stereocenters. The number of benzene rings is 1. The largest absolute Gasteiger partial charge is 0.333 e. The average molecular weight is 493 g/mol. The van der Waals surface area contributed by atoms with E-state index in [1.165, 1.54) is 34.4 Å². The molecule has 2 aliphatic heterocycles. The predicted octanol–water partition coefficient (Wildman–Crippen LogP) is 4.02. The molecule has 1 aromatic carbocycles. The van der Waals surface area contributed by atoms with Gasteiger partial charge in [0.15, 0.2) is 0 Å². The van der Waals surface area contributed by atoms with Crippen LogP contribution >= 0.6 is 11.3 Å². The molecule has 4 heterocycles. The normalized spacial score (nSPS) is 22.6. The molecule has 3 aromatic rings. The second kappa shape index (κ2) is 9.65. The van der Waals surface area contributed by atoms with Crippen molar-refractivity contribution in [1.82, 2.24) is 19.8 Å². The first kappa shape index (κ1) is 23.3. The highest BCUT2D eigenvalue weighted by Crippen LogP contribution is 2.42. The Hall–Kier alpha value is -3.46. The third kappa shape index (κ3) is 4.48. The second-order valence-electron chi connectivity index (χ2n) is 9.06. The SMILES string of the molecule is O=C1C[C@](CC(=O)N2CCCC[C@H]2c2nccs2)(c2cccc(F)c2)C(=O)N1Cc1cccnc1. The molecule has 0 saturated carbocycles. The molecule has 180 valence electrons. The molecule has 2 aromatic heterocycles. The lowest BCUT2D eigenvalue weighted by Crippen LogP contribution is -2.45. The Morgan fingerprint density at radius 3 is 2.80 bits per heavy atom. The van der Waals surface area contributed by atoms with Gasteiger partial charge in [0.25, 0.3) is 0 Å². The van der Waals surface area contributed by atoms with Crippen molar-refractivity contribution in [2.75, 3.05) is 6.54 Å². The van der Waals surface area contributed by atoms with Crippen molar-refractivity contribution in [3.05, 3.63) is 82.3 Å². The number of carbonyl (C=O) groups excluding carboxylic acids is 3. The summed E-state index contributed by atoms with van der Waals surface area (Å²) in [5.74, 6) is -1.60. The predicted molar refractivity (Wildman–Crippen MR) is 128 cm³/mol. The Kier molecular flexibility index (Phi) is 6.42. The van der Waals surface area contributed by atoms with E-state index in [0.717, 1.165) is 24.3 Å². The minimum atomic E-state index is -1.46. The third-order valence-corrected chi connectivity index (χ3v) is 7.74. The highest BCUT2D eigenvalue weighted by Gasteiger charge is 2.54. The van der Waals surface area contributed by atoms with Crippen molar-refractivity contribution in [2.24, 2.45) is 0 Å². The van der Waals surface area contributed by atoms with Crippen molar-refractivity contribution in [3.63, 3.8) is 0 Å². The zero-order valence-corrected chi connectivity index (χ0v) is 19.9. The summed E-state index contributed by atoms with van der Waals surface area (Å²) >= 11 is 1.50. The lowest BCUT2D eigenvalue weighted by Gasteiger charge is -2.37. The molecule has 7 nitrogen and oxygen atoms in total. The third-order valence-electron chi connectivity index (χ3n) is 6.86. The van der Waals surface area contributed by atoms with Gasteiger partial charge in [0.1, 0.15) is 10.8 Å². The molecule has 2 saturated heterocycles. The Bertz CT molecular complexity index is 1240. The first-order chi connectivity index (χ1) is 17.0. The van der Waals surface area contributed by atoms with Gasteiger partial charge in [-0.1, -0.05) is 18.2 Å². The van der Waals surface area contributed by atoms with Gasteiger partial charge in [0.05, 0.1) is 18.0 Å². The van der Waals surface area contributed by atoms with Crippen LogP contribution in [0.5, 0.6) is 0 Å². The monoisotopic (exact) mass is 492 g/mol. The first-order valence-corrected chi connectivity index (χ1v) is 12.5. The second-order valence-corrected chi connectivity index (χ2v) is 9.99. The number of hydrogen-bond acceptors (Lipinski definition) is 6. The molecular formula is C26H25FN4O3S. The molecule has 0 spiro atoms. The van der Waals surface area contributed by atoms with Gasteiger partial charge < -0.3 is 4.90 Å². The van der Waals surface area contributed by atoms with Crippen LogP contribution in [0.2, 0.25) is 0 Å². The maximum Gasteiger partial charge on any atom is 0.241 e. The van der Waals surface area contributed by atoms with Gasteiger partial charge >= 0.3 is 0 Å². The standard InChI is InChI=1S/C26H25FN4O3S/c27-20-7-3-6-19(13-20)26(15-23(33)31(25(26)34)17-18-5-4-9-28-16-18)14-22(32)30-11-2-1-8-21(30)24-29-10-12-35-24/h3-7,9-10,12-13,16,21H,1-2,8,11,14-15,17H2/t21-,26+/m0/s1. The maximum atomic E-state index is 14.3. The molecule has 9 heteroatoms. The minimum absolute atomic E-state index is 0.0578. The number of imide groups is 1. The first-order valence-electron chi connectivity index (χ1n) is 11.7. The van der Waals surface area contributed by atoms with Crippen LogP contribution in [0.25, 0.3) is 0 Å². The van der Waals surface area contributed by atoms with Gasteiger partial charge in [-0.15, -0.1) is 11.3 Å². The van der Waals surface area contributed by atoms with Gasteiger partial charge in [-0.05, 0) is 48.6 Å². The lowest BCUT2D eigenvalue weighted by molar-refractivity contribution is -0.144. The molecule has 0 unspecified atom stereocenters. The highest BCUT2D eigenvalue weighted by molar-refractivity contribution is 7.09. The summed E-state index contributed by atoms with van der Waals surface area (Å²) in [5.41, 5.74) is -0.403. The van der Waals surface area contributed by atoms with Crippen molar-refractivity contribution in [2.45, 2.75) is 50.1 Å². The fourth-order valence-electron chi connectivity index (χ4n) is 5.13. The van der Waals surface area contributed by atoms with Gasteiger partial charge in [-0.25, -0.2) is 9.37 Å². The molecule has 2 aliphatic rings. The van der Waals surface area contributed by atoms with Crippen LogP contribution in [0.4, 0.5) is 4.39 Å². The Balaban J connectivity index is 1.49. The molecule has 35 heavy (non-hydrogen) atoms. The maximum absolute atomic E-state index is 14.3. The number of amides is 3. The Morgan fingerprint density at radius 1 is 1.17 bits per heavy atom. The van der Waals surface area contributed by atoms with Crippen molar-refractivity contribution < 1.29 is 18.8 Å². The average Bonchev–Trinajstić information content (AvgIpc) is 3.49. The van der Waals surface area contributed by atoms with Crippen LogP contribution in [0.15, 0.2) is 60.4 Å². The van der Waals surface area contributed by atoms with Crippen LogP contribution in [0.3, 0.4) is 0 Å². The number of aromatic nitrogens is 2.